The topological polar surface area (TPSA) is 25.8 Å². The predicted octanol–water partition coefficient (Wildman–Crippen LogP) is 7.40. The molecule has 33 heavy (non-hydrogen) atoms. The molecule has 2 saturated carbocycles. The smallest absolute Gasteiger partial charge is 0 e. The van der Waals surface area contributed by atoms with Crippen molar-refractivity contribution in [1.29, 1.82) is 0 Å². The SMILES string of the molecule is CC.CC(C)c1[c-]c2c(nc1C1CC1)CCC2.Cc1nc2c([c-]c1C1CC1)CCC2.[CH3-].[Y].[Y]. The minimum atomic E-state index is 0. The molecule has 2 heterocycles. The van der Waals surface area contributed by atoms with Crippen LogP contribution in [0.2, 0.25) is 0 Å². The van der Waals surface area contributed by atoms with Crippen LogP contribution in [0.4, 0.5) is 0 Å². The average Bonchev–Trinajstić information content (AvgIpc) is 3.68. The van der Waals surface area contributed by atoms with E-state index in [4.69, 9.17) is 4.98 Å². The summed E-state index contributed by atoms with van der Waals surface area (Å²) in [5, 5.41) is 0. The van der Waals surface area contributed by atoms with E-state index in [0.29, 0.717) is 5.92 Å². The van der Waals surface area contributed by atoms with Gasteiger partial charge in [-0.1, -0.05) is 95.9 Å². The van der Waals surface area contributed by atoms with E-state index in [-0.39, 0.29) is 72.8 Å². The maximum Gasteiger partial charge on any atom is 0 e. The molecule has 0 unspecified atom stereocenters. The molecule has 0 aromatic carbocycles. The summed E-state index contributed by atoms with van der Waals surface area (Å²) in [5.74, 6) is 2.15. The Kier molecular flexibility index (Phi) is 13.7. The van der Waals surface area contributed by atoms with Crippen molar-refractivity contribution in [1.82, 2.24) is 9.97 Å². The fraction of sp³-hybridized carbons (Fsp3) is 0.621. The summed E-state index contributed by atoms with van der Waals surface area (Å²) in [7, 11) is 0. The van der Waals surface area contributed by atoms with E-state index in [1.54, 1.807) is 0 Å². The summed E-state index contributed by atoms with van der Waals surface area (Å²) in [4.78, 5) is 9.59. The molecule has 0 amide bonds. The molecule has 176 valence electrons. The van der Waals surface area contributed by atoms with Crippen molar-refractivity contribution in [3.05, 3.63) is 64.6 Å². The van der Waals surface area contributed by atoms with E-state index in [1.165, 1.54) is 109 Å². The maximum atomic E-state index is 4.91. The van der Waals surface area contributed by atoms with Crippen LogP contribution in [-0.4, -0.2) is 9.97 Å². The van der Waals surface area contributed by atoms with Crippen LogP contribution in [-0.2, 0) is 91.1 Å². The van der Waals surface area contributed by atoms with Crippen LogP contribution in [0.5, 0.6) is 0 Å². The Morgan fingerprint density at radius 1 is 0.758 bits per heavy atom. The molecule has 0 aliphatic heterocycles. The Labute approximate surface area is 254 Å². The van der Waals surface area contributed by atoms with Crippen LogP contribution in [0, 0.1) is 26.5 Å². The Morgan fingerprint density at radius 2 is 1.27 bits per heavy atom. The van der Waals surface area contributed by atoms with Gasteiger partial charge in [-0.05, 0) is 43.4 Å². The molecule has 2 aromatic rings. The van der Waals surface area contributed by atoms with Gasteiger partial charge in [-0.2, -0.15) is 12.1 Å². The summed E-state index contributed by atoms with van der Waals surface area (Å²) in [5.41, 5.74) is 10.9. The quantitative estimate of drug-likeness (QED) is 0.346. The molecule has 4 aliphatic rings. The molecule has 4 aliphatic carbocycles. The molecule has 2 radical (unpaired) electrons. The van der Waals surface area contributed by atoms with E-state index >= 15 is 0 Å². The maximum absolute atomic E-state index is 4.91. The Bertz CT molecular complexity index is 870. The summed E-state index contributed by atoms with van der Waals surface area (Å²) in [6.07, 6.45) is 12.8. The fourth-order valence-corrected chi connectivity index (χ4v) is 4.80. The van der Waals surface area contributed by atoms with E-state index in [9.17, 15) is 0 Å². The number of aromatic nitrogens is 2. The minimum Gasteiger partial charge on any atom is -0.384 e. The van der Waals surface area contributed by atoms with Crippen LogP contribution in [0.25, 0.3) is 0 Å². The molecule has 0 N–H and O–H groups in total. The van der Waals surface area contributed by atoms with Crippen LogP contribution in [0.3, 0.4) is 0 Å². The Balaban J connectivity index is 0.000000285. The second kappa shape index (κ2) is 14.3. The number of hydrogen-bond donors (Lipinski definition) is 0. The largest absolute Gasteiger partial charge is 0.384 e. The molecular weight excluding hydrogens is 554 g/mol. The second-order valence-corrected chi connectivity index (χ2v) is 9.53. The van der Waals surface area contributed by atoms with Gasteiger partial charge in [-0.3, -0.25) is 0 Å². The zero-order chi connectivity index (χ0) is 21.3. The van der Waals surface area contributed by atoms with Gasteiger partial charge in [0.05, 0.1) is 0 Å². The van der Waals surface area contributed by atoms with Gasteiger partial charge >= 0.3 is 0 Å². The summed E-state index contributed by atoms with van der Waals surface area (Å²) < 4.78 is 0. The number of rotatable bonds is 3. The number of pyridine rings is 2. The minimum absolute atomic E-state index is 0. The predicted molar refractivity (Wildman–Crippen MR) is 131 cm³/mol. The molecule has 4 heteroatoms. The third-order valence-corrected chi connectivity index (χ3v) is 6.70. The van der Waals surface area contributed by atoms with Gasteiger partial charge in [0.2, 0.25) is 0 Å². The number of aryl methyl sites for hydroxylation is 5. The zero-order valence-electron chi connectivity index (χ0n) is 21.9. The first kappa shape index (κ1) is 31.5. The fourth-order valence-electron chi connectivity index (χ4n) is 4.80. The Hall–Kier alpha value is 0.508. The average molecular weight is 595 g/mol. The van der Waals surface area contributed by atoms with Crippen molar-refractivity contribution >= 4 is 0 Å². The number of fused-ring (bicyclic) bond motifs is 2. The van der Waals surface area contributed by atoms with Crippen LogP contribution in [0.15, 0.2) is 0 Å². The zero-order valence-corrected chi connectivity index (χ0v) is 27.5. The van der Waals surface area contributed by atoms with Crippen molar-refractivity contribution in [3.63, 3.8) is 0 Å². The molecule has 0 bridgehead atoms. The third-order valence-electron chi connectivity index (χ3n) is 6.70. The van der Waals surface area contributed by atoms with Crippen molar-refractivity contribution in [2.75, 3.05) is 0 Å². The first-order valence-corrected chi connectivity index (χ1v) is 12.5. The monoisotopic (exact) mass is 595 g/mol. The normalized spacial score (nSPS) is 17.2. The molecule has 2 nitrogen and oxygen atoms in total. The van der Waals surface area contributed by atoms with Crippen molar-refractivity contribution in [2.45, 2.75) is 117 Å². The number of hydrogen-bond acceptors (Lipinski definition) is 2. The van der Waals surface area contributed by atoms with Gasteiger partial charge in [0.1, 0.15) is 0 Å². The molecule has 0 spiro atoms. The molecule has 0 saturated heterocycles. The van der Waals surface area contributed by atoms with Gasteiger partial charge in [0, 0.05) is 65.4 Å². The third kappa shape index (κ3) is 7.74. The standard InChI is InChI=1S/C14H18N.C12H14N.C2H6.CH3.2Y/c1-9(2)12-8-11-4-3-5-13(11)15-14(12)10-6-7-10;1-8-11(9-5-6-9)7-10-3-2-4-12(10)13-8;1-2;;;/h9-10H,3-7H2,1-2H3;9H,2-6H2,1H3;1-2H3;1H3;;/q2*-1;;-1;;. The van der Waals surface area contributed by atoms with Gasteiger partial charge < -0.3 is 17.4 Å². The molecule has 2 aromatic heterocycles. The van der Waals surface area contributed by atoms with Crippen LogP contribution >= 0.6 is 0 Å². The van der Waals surface area contributed by atoms with E-state index in [2.05, 4.69) is 37.9 Å². The summed E-state index contributed by atoms with van der Waals surface area (Å²) in [6.45, 7) is 10.7. The first-order valence-electron chi connectivity index (χ1n) is 12.5. The van der Waals surface area contributed by atoms with Crippen molar-refractivity contribution in [2.24, 2.45) is 0 Å². The molecule has 6 rings (SSSR count). The summed E-state index contributed by atoms with van der Waals surface area (Å²) in [6, 6.07) is 7.24. The van der Waals surface area contributed by atoms with Crippen molar-refractivity contribution in [3.8, 4) is 0 Å². The van der Waals surface area contributed by atoms with Gasteiger partial charge in [-0.15, -0.1) is 22.3 Å². The summed E-state index contributed by atoms with van der Waals surface area (Å²) >= 11 is 0. The first-order chi connectivity index (χ1) is 14.6. The molecule has 2 fully saturated rings. The van der Waals surface area contributed by atoms with Crippen molar-refractivity contribution < 1.29 is 65.4 Å². The Morgan fingerprint density at radius 3 is 1.79 bits per heavy atom. The second-order valence-electron chi connectivity index (χ2n) is 9.53. The van der Waals surface area contributed by atoms with Gasteiger partial charge in [-0.25, -0.2) is 0 Å². The van der Waals surface area contributed by atoms with E-state index < -0.39 is 0 Å². The van der Waals surface area contributed by atoms with E-state index in [1.807, 2.05) is 13.8 Å². The van der Waals surface area contributed by atoms with E-state index in [0.717, 1.165) is 11.8 Å². The molecular formula is C29H41N2Y2-3. The van der Waals surface area contributed by atoms with Crippen LogP contribution in [0.1, 0.15) is 129 Å². The number of nitrogens with zero attached hydrogens (tertiary/aromatic N) is 2. The molecule has 0 atom stereocenters. The van der Waals surface area contributed by atoms with Gasteiger partial charge in [0.25, 0.3) is 0 Å². The van der Waals surface area contributed by atoms with Gasteiger partial charge in [0.15, 0.2) is 0 Å². The van der Waals surface area contributed by atoms with Crippen LogP contribution < -0.4 is 0 Å².